The number of aliphatic hydroxyl groups excluding tert-OH is 1. The summed E-state index contributed by atoms with van der Waals surface area (Å²) in [6, 6.07) is 6.20. The number of hydrogen-bond donors (Lipinski definition) is 1. The fraction of sp³-hybridized carbons (Fsp3) is 0.667. The van der Waals surface area contributed by atoms with Gasteiger partial charge in [-0.1, -0.05) is 6.07 Å². The monoisotopic (exact) mass is 412 g/mol. The van der Waals surface area contributed by atoms with Gasteiger partial charge >= 0.3 is 6.36 Å². The Labute approximate surface area is 168 Å². The molecule has 1 amide bonds. The maximum absolute atomic E-state index is 13.4. The van der Waals surface area contributed by atoms with Crippen LogP contribution in [0.2, 0.25) is 0 Å². The lowest BCUT2D eigenvalue weighted by Crippen LogP contribution is -2.50. The molecule has 3 aliphatic rings. The molecule has 1 atom stereocenters. The number of carbonyl (C=O) groups is 1. The first-order chi connectivity index (χ1) is 13.8. The van der Waals surface area contributed by atoms with Crippen LogP contribution in [0.1, 0.15) is 44.9 Å². The summed E-state index contributed by atoms with van der Waals surface area (Å²) in [6.45, 7) is 1.96. The van der Waals surface area contributed by atoms with Gasteiger partial charge in [0.2, 0.25) is 5.91 Å². The highest BCUT2D eigenvalue weighted by atomic mass is 19.4. The van der Waals surface area contributed by atoms with E-state index in [4.69, 9.17) is 0 Å². The Morgan fingerprint density at radius 1 is 1.10 bits per heavy atom. The van der Waals surface area contributed by atoms with Crippen molar-refractivity contribution in [2.75, 3.05) is 24.5 Å². The first-order valence-corrected chi connectivity index (χ1v) is 10.4. The van der Waals surface area contributed by atoms with Crippen molar-refractivity contribution in [1.29, 1.82) is 0 Å². The Morgan fingerprint density at radius 3 is 2.59 bits per heavy atom. The number of benzene rings is 1. The van der Waals surface area contributed by atoms with Gasteiger partial charge in [0.1, 0.15) is 5.75 Å². The van der Waals surface area contributed by atoms with E-state index >= 15 is 0 Å². The van der Waals surface area contributed by atoms with Crippen LogP contribution in [-0.2, 0) is 4.79 Å². The molecule has 0 unspecified atom stereocenters. The number of hydrogen-bond acceptors (Lipinski definition) is 4. The Bertz CT molecular complexity index is 749. The molecule has 1 aliphatic carbocycles. The summed E-state index contributed by atoms with van der Waals surface area (Å²) in [7, 11) is 0. The van der Waals surface area contributed by atoms with Gasteiger partial charge in [-0.25, -0.2) is 0 Å². The summed E-state index contributed by atoms with van der Waals surface area (Å²) >= 11 is 0. The Balaban J connectivity index is 1.47. The number of ether oxygens (including phenoxy) is 1. The number of likely N-dealkylation sites (tertiary alicyclic amines) is 1. The molecule has 0 bridgehead atoms. The van der Waals surface area contributed by atoms with Gasteiger partial charge in [0.15, 0.2) is 0 Å². The molecule has 4 rings (SSSR count). The van der Waals surface area contributed by atoms with E-state index in [1.165, 1.54) is 12.1 Å². The highest BCUT2D eigenvalue weighted by molar-refractivity contribution is 5.86. The molecule has 3 fully saturated rings. The second-order valence-electron chi connectivity index (χ2n) is 8.56. The zero-order chi connectivity index (χ0) is 20.6. The van der Waals surface area contributed by atoms with Gasteiger partial charge in [0.25, 0.3) is 0 Å². The van der Waals surface area contributed by atoms with E-state index in [-0.39, 0.29) is 23.8 Å². The number of piperidine rings is 1. The van der Waals surface area contributed by atoms with Crippen LogP contribution in [0.4, 0.5) is 18.9 Å². The number of amides is 1. The van der Waals surface area contributed by atoms with Gasteiger partial charge in [-0.05, 0) is 57.1 Å². The van der Waals surface area contributed by atoms with E-state index in [0.717, 1.165) is 51.5 Å². The second kappa shape index (κ2) is 7.70. The van der Waals surface area contributed by atoms with Crippen molar-refractivity contribution >= 4 is 11.6 Å². The van der Waals surface area contributed by atoms with E-state index in [2.05, 4.69) is 4.74 Å². The third kappa shape index (κ3) is 4.32. The number of anilines is 1. The van der Waals surface area contributed by atoms with Gasteiger partial charge in [0, 0.05) is 37.4 Å². The molecule has 1 aromatic carbocycles. The van der Waals surface area contributed by atoms with Crippen LogP contribution in [0.5, 0.6) is 5.75 Å². The number of nitrogens with zero attached hydrogens (tertiary/aromatic N) is 2. The molecule has 2 aliphatic heterocycles. The lowest BCUT2D eigenvalue weighted by atomic mass is 9.78. The standard InChI is InChI=1S/C21H27F3N2O3/c22-21(23,24)29-18-4-1-3-16(13-18)25-11-2-9-20(14-25)10-12-26(19(20)28)15-5-7-17(27)8-6-15/h1,3-4,13,15,17,27H,2,5-12,14H2/t15?,17?,20-/m1/s1. The van der Waals surface area contributed by atoms with E-state index < -0.39 is 11.8 Å². The Hall–Kier alpha value is -1.96. The summed E-state index contributed by atoms with van der Waals surface area (Å²) in [6.07, 6.45) is 0.582. The van der Waals surface area contributed by atoms with E-state index in [9.17, 15) is 23.1 Å². The zero-order valence-corrected chi connectivity index (χ0v) is 16.3. The normalized spacial score (nSPS) is 30.8. The topological polar surface area (TPSA) is 53.0 Å². The van der Waals surface area contributed by atoms with Crippen LogP contribution in [-0.4, -0.2) is 54.1 Å². The minimum absolute atomic E-state index is 0.172. The summed E-state index contributed by atoms with van der Waals surface area (Å²) < 4.78 is 41.7. The van der Waals surface area contributed by atoms with Crippen LogP contribution >= 0.6 is 0 Å². The molecule has 0 aromatic heterocycles. The lowest BCUT2D eigenvalue weighted by Gasteiger charge is -2.41. The molecule has 2 saturated heterocycles. The zero-order valence-electron chi connectivity index (χ0n) is 16.3. The average Bonchev–Trinajstić information content (AvgIpc) is 2.97. The Morgan fingerprint density at radius 2 is 1.86 bits per heavy atom. The number of halogens is 3. The van der Waals surface area contributed by atoms with Crippen LogP contribution in [0.15, 0.2) is 24.3 Å². The predicted octanol–water partition coefficient (Wildman–Crippen LogP) is 3.71. The highest BCUT2D eigenvalue weighted by Crippen LogP contribution is 2.43. The molecule has 1 saturated carbocycles. The Kier molecular flexibility index (Phi) is 5.40. The van der Waals surface area contributed by atoms with Crippen LogP contribution in [0.25, 0.3) is 0 Å². The molecule has 2 heterocycles. The van der Waals surface area contributed by atoms with Gasteiger partial charge in [-0.15, -0.1) is 13.2 Å². The first kappa shape index (κ1) is 20.3. The van der Waals surface area contributed by atoms with Crippen molar-refractivity contribution < 1.29 is 27.8 Å². The quantitative estimate of drug-likeness (QED) is 0.823. The average molecular weight is 412 g/mol. The molecular formula is C21H27F3N2O3. The number of aliphatic hydroxyl groups is 1. The van der Waals surface area contributed by atoms with Gasteiger partial charge in [-0.3, -0.25) is 4.79 Å². The number of carbonyl (C=O) groups excluding carboxylic acids is 1. The molecule has 0 radical (unpaired) electrons. The lowest BCUT2D eigenvalue weighted by molar-refractivity contribution is -0.274. The maximum Gasteiger partial charge on any atom is 0.573 e. The molecule has 29 heavy (non-hydrogen) atoms. The molecule has 8 heteroatoms. The van der Waals surface area contributed by atoms with Crippen molar-refractivity contribution in [3.63, 3.8) is 0 Å². The van der Waals surface area contributed by atoms with Crippen molar-refractivity contribution in [3.05, 3.63) is 24.3 Å². The van der Waals surface area contributed by atoms with E-state index in [1.54, 1.807) is 12.1 Å². The van der Waals surface area contributed by atoms with Crippen molar-refractivity contribution in [1.82, 2.24) is 4.90 Å². The summed E-state index contributed by atoms with van der Waals surface area (Å²) in [5, 5.41) is 9.74. The van der Waals surface area contributed by atoms with Crippen LogP contribution in [0.3, 0.4) is 0 Å². The fourth-order valence-corrected chi connectivity index (χ4v) is 5.17. The minimum Gasteiger partial charge on any atom is -0.406 e. The number of alkyl halides is 3. The third-order valence-corrected chi connectivity index (χ3v) is 6.65. The van der Waals surface area contributed by atoms with Crippen LogP contribution < -0.4 is 9.64 Å². The predicted molar refractivity (Wildman–Crippen MR) is 102 cm³/mol. The fourth-order valence-electron chi connectivity index (χ4n) is 5.17. The first-order valence-electron chi connectivity index (χ1n) is 10.4. The summed E-state index contributed by atoms with van der Waals surface area (Å²) in [4.78, 5) is 17.4. The second-order valence-corrected chi connectivity index (χ2v) is 8.56. The van der Waals surface area contributed by atoms with Gasteiger partial charge in [0.05, 0.1) is 11.5 Å². The maximum atomic E-state index is 13.4. The molecule has 1 N–H and O–H groups in total. The summed E-state index contributed by atoms with van der Waals surface area (Å²) in [5.41, 5.74) is 0.188. The SMILES string of the molecule is O=C1N(C2CCC(O)CC2)CC[C@@]12CCCN(c1cccc(OC(F)(F)F)c1)C2. The number of rotatable bonds is 3. The van der Waals surface area contributed by atoms with Crippen molar-refractivity contribution in [2.45, 2.75) is 63.5 Å². The third-order valence-electron chi connectivity index (χ3n) is 6.65. The molecule has 1 spiro atoms. The minimum atomic E-state index is -4.72. The van der Waals surface area contributed by atoms with Crippen molar-refractivity contribution in [3.8, 4) is 5.75 Å². The van der Waals surface area contributed by atoms with E-state index in [1.807, 2.05) is 9.80 Å². The van der Waals surface area contributed by atoms with Gasteiger partial charge in [-0.2, -0.15) is 0 Å². The van der Waals surface area contributed by atoms with E-state index in [0.29, 0.717) is 18.8 Å². The largest absolute Gasteiger partial charge is 0.573 e. The van der Waals surface area contributed by atoms with Gasteiger partial charge < -0.3 is 19.6 Å². The van der Waals surface area contributed by atoms with Crippen molar-refractivity contribution in [2.24, 2.45) is 5.41 Å². The highest BCUT2D eigenvalue weighted by Gasteiger charge is 2.50. The smallest absolute Gasteiger partial charge is 0.406 e. The van der Waals surface area contributed by atoms with Crippen LogP contribution in [0, 0.1) is 5.41 Å². The summed E-state index contributed by atoms with van der Waals surface area (Å²) in [5.74, 6) is -0.0685. The molecule has 160 valence electrons. The molecular weight excluding hydrogens is 385 g/mol. The molecule has 5 nitrogen and oxygen atoms in total. The molecule has 1 aromatic rings.